The maximum Gasteiger partial charge on any atom is 0.274 e. The van der Waals surface area contributed by atoms with E-state index < -0.39 is 0 Å². The third kappa shape index (κ3) is 3.25. The third-order valence-corrected chi connectivity index (χ3v) is 5.05. The number of carbonyl (C=O) groups excluding carboxylic acids is 1. The maximum absolute atomic E-state index is 12.7. The summed E-state index contributed by atoms with van der Waals surface area (Å²) < 4.78 is 0. The lowest BCUT2D eigenvalue weighted by Gasteiger charge is -2.42. The number of halogens is 1. The van der Waals surface area contributed by atoms with Crippen molar-refractivity contribution in [2.75, 3.05) is 19.7 Å². The van der Waals surface area contributed by atoms with Gasteiger partial charge < -0.3 is 10.0 Å². The summed E-state index contributed by atoms with van der Waals surface area (Å²) in [5, 5.41) is 10.2. The molecule has 2 aliphatic rings. The van der Waals surface area contributed by atoms with Crippen LogP contribution in [0.15, 0.2) is 6.20 Å². The zero-order chi connectivity index (χ0) is 15.7. The Morgan fingerprint density at radius 3 is 3.00 bits per heavy atom. The minimum Gasteiger partial charge on any atom is -0.396 e. The molecule has 2 fully saturated rings. The molecule has 22 heavy (non-hydrogen) atoms. The average molecular weight is 324 g/mol. The Balaban J connectivity index is 1.78. The number of hydrogen-bond acceptors (Lipinski definition) is 4. The molecule has 1 aliphatic carbocycles. The lowest BCUT2D eigenvalue weighted by Crippen LogP contribution is -2.48. The number of nitrogens with zero attached hydrogens (tertiary/aromatic N) is 3. The zero-order valence-corrected chi connectivity index (χ0v) is 13.6. The van der Waals surface area contributed by atoms with E-state index in [-0.39, 0.29) is 28.6 Å². The molecule has 1 N–H and O–H groups in total. The van der Waals surface area contributed by atoms with Crippen LogP contribution in [0.5, 0.6) is 0 Å². The highest BCUT2D eigenvalue weighted by atomic mass is 35.5. The molecule has 120 valence electrons. The summed E-state index contributed by atoms with van der Waals surface area (Å²) in [6.07, 6.45) is 6.91. The highest BCUT2D eigenvalue weighted by Gasteiger charge is 2.41. The standard InChI is InChI=1S/C16H22ClN3O2/c1-11-18-8-13(17)14(19-11)15(22)20-6-2-5-16(9-20,10-21)7-12-3-4-12/h8,12,21H,2-7,9-10H2,1H3. The molecule has 1 amide bonds. The normalized spacial score (nSPS) is 25.3. The Morgan fingerprint density at radius 2 is 2.32 bits per heavy atom. The first kappa shape index (κ1) is 15.7. The van der Waals surface area contributed by atoms with Gasteiger partial charge in [0.1, 0.15) is 5.82 Å². The second kappa shape index (κ2) is 6.13. The van der Waals surface area contributed by atoms with Gasteiger partial charge in [-0.05, 0) is 32.1 Å². The van der Waals surface area contributed by atoms with E-state index >= 15 is 0 Å². The lowest BCUT2D eigenvalue weighted by molar-refractivity contribution is 0.0193. The number of rotatable bonds is 4. The predicted molar refractivity (Wildman–Crippen MR) is 83.8 cm³/mol. The van der Waals surface area contributed by atoms with E-state index in [1.165, 1.54) is 19.0 Å². The SMILES string of the molecule is Cc1ncc(Cl)c(C(=O)N2CCCC(CO)(CC3CC3)C2)n1. The summed E-state index contributed by atoms with van der Waals surface area (Å²) in [4.78, 5) is 22.8. The topological polar surface area (TPSA) is 66.3 Å². The van der Waals surface area contributed by atoms with Crippen molar-refractivity contribution in [3.63, 3.8) is 0 Å². The molecule has 3 rings (SSSR count). The van der Waals surface area contributed by atoms with Crippen molar-refractivity contribution in [1.82, 2.24) is 14.9 Å². The van der Waals surface area contributed by atoms with E-state index in [2.05, 4.69) is 9.97 Å². The van der Waals surface area contributed by atoms with Gasteiger partial charge in [-0.25, -0.2) is 9.97 Å². The van der Waals surface area contributed by atoms with Crippen LogP contribution in [0, 0.1) is 18.3 Å². The molecule has 1 aliphatic heterocycles. The molecule has 1 atom stereocenters. The predicted octanol–water partition coefficient (Wildman–Crippen LogP) is 2.45. The highest BCUT2D eigenvalue weighted by molar-refractivity contribution is 6.33. The van der Waals surface area contributed by atoms with Gasteiger partial charge in [0.05, 0.1) is 17.8 Å². The van der Waals surface area contributed by atoms with E-state index in [0.717, 1.165) is 25.2 Å². The average Bonchev–Trinajstić information content (AvgIpc) is 3.33. The van der Waals surface area contributed by atoms with Crippen LogP contribution < -0.4 is 0 Å². The van der Waals surface area contributed by atoms with Crippen molar-refractivity contribution < 1.29 is 9.90 Å². The number of aliphatic hydroxyl groups is 1. The first-order chi connectivity index (χ1) is 10.5. The second-order valence-electron chi connectivity index (χ2n) is 6.75. The molecule has 1 aromatic rings. The second-order valence-corrected chi connectivity index (χ2v) is 7.16. The number of aliphatic hydroxyl groups excluding tert-OH is 1. The fraction of sp³-hybridized carbons (Fsp3) is 0.688. The molecule has 1 aromatic heterocycles. The number of hydrogen-bond donors (Lipinski definition) is 1. The van der Waals surface area contributed by atoms with Gasteiger partial charge in [0.25, 0.3) is 5.91 Å². The van der Waals surface area contributed by atoms with Crippen LogP contribution in [0.2, 0.25) is 5.02 Å². The number of aromatic nitrogens is 2. The van der Waals surface area contributed by atoms with Crippen molar-refractivity contribution in [2.24, 2.45) is 11.3 Å². The van der Waals surface area contributed by atoms with Gasteiger partial charge in [-0.3, -0.25) is 4.79 Å². The molecular weight excluding hydrogens is 302 g/mol. The number of carbonyl (C=O) groups is 1. The van der Waals surface area contributed by atoms with Crippen LogP contribution >= 0.6 is 11.6 Å². The molecule has 0 spiro atoms. The molecule has 1 saturated heterocycles. The Morgan fingerprint density at radius 1 is 1.55 bits per heavy atom. The molecule has 0 bridgehead atoms. The summed E-state index contributed by atoms with van der Waals surface area (Å²) in [7, 11) is 0. The van der Waals surface area contributed by atoms with Crippen molar-refractivity contribution in [3.8, 4) is 0 Å². The molecule has 0 aromatic carbocycles. The van der Waals surface area contributed by atoms with Crippen molar-refractivity contribution >= 4 is 17.5 Å². The molecule has 0 radical (unpaired) electrons. The number of piperidine rings is 1. The fourth-order valence-corrected chi connectivity index (χ4v) is 3.60. The summed E-state index contributed by atoms with van der Waals surface area (Å²) >= 11 is 6.09. The zero-order valence-electron chi connectivity index (χ0n) is 12.9. The minimum absolute atomic E-state index is 0.143. The van der Waals surface area contributed by atoms with Gasteiger partial charge in [-0.15, -0.1) is 0 Å². The van der Waals surface area contributed by atoms with E-state index in [0.29, 0.717) is 18.9 Å². The smallest absolute Gasteiger partial charge is 0.274 e. The molecule has 2 heterocycles. The molecular formula is C16H22ClN3O2. The lowest BCUT2D eigenvalue weighted by atomic mass is 9.76. The maximum atomic E-state index is 12.7. The van der Waals surface area contributed by atoms with E-state index in [1.54, 1.807) is 11.8 Å². The Labute approximate surface area is 135 Å². The molecule has 5 nitrogen and oxygen atoms in total. The van der Waals surface area contributed by atoms with Crippen molar-refractivity contribution in [3.05, 3.63) is 22.7 Å². The fourth-order valence-electron chi connectivity index (χ4n) is 3.43. The van der Waals surface area contributed by atoms with Gasteiger partial charge in [-0.2, -0.15) is 0 Å². The van der Waals surface area contributed by atoms with E-state index in [9.17, 15) is 9.90 Å². The van der Waals surface area contributed by atoms with Crippen LogP contribution in [-0.2, 0) is 0 Å². The monoisotopic (exact) mass is 323 g/mol. The van der Waals surface area contributed by atoms with E-state index in [4.69, 9.17) is 11.6 Å². The highest BCUT2D eigenvalue weighted by Crippen LogP contribution is 2.44. The summed E-state index contributed by atoms with van der Waals surface area (Å²) in [6.45, 7) is 3.18. The van der Waals surface area contributed by atoms with Gasteiger partial charge in [0, 0.05) is 18.5 Å². The van der Waals surface area contributed by atoms with Crippen molar-refractivity contribution in [2.45, 2.75) is 39.0 Å². The van der Waals surface area contributed by atoms with Gasteiger partial charge in [0.15, 0.2) is 5.69 Å². The summed E-state index contributed by atoms with van der Waals surface area (Å²) in [5.74, 6) is 1.12. The Hall–Kier alpha value is -1.20. The minimum atomic E-state index is -0.149. The number of likely N-dealkylation sites (tertiary alicyclic amines) is 1. The number of amides is 1. The first-order valence-corrected chi connectivity index (χ1v) is 8.30. The van der Waals surface area contributed by atoms with Crippen LogP contribution in [0.1, 0.15) is 48.4 Å². The van der Waals surface area contributed by atoms with Crippen LogP contribution in [0.4, 0.5) is 0 Å². The molecule has 6 heteroatoms. The third-order valence-electron chi connectivity index (χ3n) is 4.77. The van der Waals surface area contributed by atoms with Crippen LogP contribution in [0.25, 0.3) is 0 Å². The summed E-state index contributed by atoms with van der Waals surface area (Å²) in [6, 6.07) is 0. The molecule has 1 unspecified atom stereocenters. The Kier molecular flexibility index (Phi) is 4.37. The Bertz CT molecular complexity index is 577. The van der Waals surface area contributed by atoms with Gasteiger partial charge in [-0.1, -0.05) is 24.4 Å². The quantitative estimate of drug-likeness (QED) is 0.924. The number of aryl methyl sites for hydroxylation is 1. The molecule has 1 saturated carbocycles. The largest absolute Gasteiger partial charge is 0.396 e. The van der Waals surface area contributed by atoms with E-state index in [1.807, 2.05) is 0 Å². The van der Waals surface area contributed by atoms with Gasteiger partial charge in [0.2, 0.25) is 0 Å². The summed E-state index contributed by atoms with van der Waals surface area (Å²) in [5.41, 5.74) is 0.123. The van der Waals surface area contributed by atoms with Crippen LogP contribution in [0.3, 0.4) is 0 Å². The van der Waals surface area contributed by atoms with Crippen molar-refractivity contribution in [1.29, 1.82) is 0 Å². The van der Waals surface area contributed by atoms with Gasteiger partial charge >= 0.3 is 0 Å². The first-order valence-electron chi connectivity index (χ1n) is 7.92. The van der Waals surface area contributed by atoms with Crippen LogP contribution in [-0.4, -0.2) is 45.6 Å².